The van der Waals surface area contributed by atoms with E-state index >= 15 is 0 Å². The van der Waals surface area contributed by atoms with Crippen molar-refractivity contribution in [1.82, 2.24) is 0 Å². The monoisotopic (exact) mass is 260 g/mol. The summed E-state index contributed by atoms with van der Waals surface area (Å²) >= 11 is 5.89. The second kappa shape index (κ2) is 6.21. The molecule has 0 saturated heterocycles. The molecule has 0 saturated carbocycles. The molecule has 0 unspecified atom stereocenters. The molecule has 0 bridgehead atoms. The lowest BCUT2D eigenvalue weighted by Gasteiger charge is -2.18. The first kappa shape index (κ1) is 14.3. The van der Waals surface area contributed by atoms with Gasteiger partial charge in [0.05, 0.1) is 18.7 Å². The van der Waals surface area contributed by atoms with Gasteiger partial charge in [-0.3, -0.25) is 0 Å². The van der Waals surface area contributed by atoms with Gasteiger partial charge in [-0.2, -0.15) is 10.5 Å². The summed E-state index contributed by atoms with van der Waals surface area (Å²) in [4.78, 5) is 0. The van der Waals surface area contributed by atoms with Crippen LogP contribution in [0.25, 0.3) is 5.57 Å². The minimum atomic E-state index is -1.20. The van der Waals surface area contributed by atoms with E-state index in [0.29, 0.717) is 10.6 Å². The SMILES string of the molecule is C=C(CC(C#N)(C#N)COC)c1cccc(Cl)c1. The second-order valence-corrected chi connectivity index (χ2v) is 4.47. The maximum absolute atomic E-state index is 9.14. The lowest BCUT2D eigenvalue weighted by molar-refractivity contribution is 0.147. The van der Waals surface area contributed by atoms with Gasteiger partial charge in [-0.15, -0.1) is 0 Å². The fourth-order valence-electron chi connectivity index (χ4n) is 1.64. The zero-order chi connectivity index (χ0) is 13.6. The van der Waals surface area contributed by atoms with Gasteiger partial charge in [0.15, 0.2) is 5.41 Å². The van der Waals surface area contributed by atoms with E-state index < -0.39 is 5.41 Å². The van der Waals surface area contributed by atoms with Crippen LogP contribution < -0.4 is 0 Å². The average molecular weight is 261 g/mol. The van der Waals surface area contributed by atoms with E-state index in [9.17, 15) is 0 Å². The molecule has 1 aromatic carbocycles. The van der Waals surface area contributed by atoms with Crippen LogP contribution in [-0.4, -0.2) is 13.7 Å². The van der Waals surface area contributed by atoms with Crippen LogP contribution >= 0.6 is 11.6 Å². The Kier molecular flexibility index (Phi) is 4.92. The molecule has 0 aromatic heterocycles. The third kappa shape index (κ3) is 3.34. The molecule has 0 fully saturated rings. The number of halogens is 1. The van der Waals surface area contributed by atoms with Gasteiger partial charge < -0.3 is 4.74 Å². The summed E-state index contributed by atoms with van der Waals surface area (Å²) in [6.07, 6.45) is 0.230. The van der Waals surface area contributed by atoms with Gasteiger partial charge in [-0.05, 0) is 23.3 Å². The molecule has 0 atom stereocenters. The molecule has 1 aromatic rings. The number of benzene rings is 1. The van der Waals surface area contributed by atoms with E-state index in [1.807, 2.05) is 18.2 Å². The molecule has 0 spiro atoms. The van der Waals surface area contributed by atoms with E-state index in [0.717, 1.165) is 5.56 Å². The molecule has 0 aliphatic rings. The Labute approximate surface area is 112 Å². The third-order valence-corrected chi connectivity index (χ3v) is 2.80. The molecular formula is C14H13ClN2O. The van der Waals surface area contributed by atoms with Crippen molar-refractivity contribution < 1.29 is 4.74 Å². The van der Waals surface area contributed by atoms with Crippen molar-refractivity contribution in [2.45, 2.75) is 6.42 Å². The quantitative estimate of drug-likeness (QED) is 0.815. The van der Waals surface area contributed by atoms with E-state index in [-0.39, 0.29) is 13.0 Å². The van der Waals surface area contributed by atoms with E-state index in [1.165, 1.54) is 7.11 Å². The molecule has 0 N–H and O–H groups in total. The summed E-state index contributed by atoms with van der Waals surface area (Å²) < 4.78 is 4.94. The Balaban J connectivity index is 2.93. The molecular weight excluding hydrogens is 248 g/mol. The molecule has 0 aliphatic heterocycles. The number of ether oxygens (including phenoxy) is 1. The van der Waals surface area contributed by atoms with Crippen LogP contribution in [0.5, 0.6) is 0 Å². The molecule has 0 aliphatic carbocycles. The molecule has 0 amide bonds. The predicted molar refractivity (Wildman–Crippen MR) is 70.6 cm³/mol. The Hall–Kier alpha value is -1.81. The van der Waals surface area contributed by atoms with Crippen molar-refractivity contribution in [2.24, 2.45) is 5.41 Å². The van der Waals surface area contributed by atoms with Crippen LogP contribution in [0.1, 0.15) is 12.0 Å². The van der Waals surface area contributed by atoms with Crippen LogP contribution in [0.3, 0.4) is 0 Å². The van der Waals surface area contributed by atoms with Gasteiger partial charge in [0, 0.05) is 18.6 Å². The molecule has 0 radical (unpaired) electrons. The predicted octanol–water partition coefficient (Wildman–Crippen LogP) is 3.42. The Morgan fingerprint density at radius 2 is 2.11 bits per heavy atom. The minimum absolute atomic E-state index is 0.0551. The van der Waals surface area contributed by atoms with Gasteiger partial charge in [0.2, 0.25) is 0 Å². The van der Waals surface area contributed by atoms with Gasteiger partial charge >= 0.3 is 0 Å². The molecule has 0 heterocycles. The molecule has 1 rings (SSSR count). The van der Waals surface area contributed by atoms with Crippen LogP contribution in [0.15, 0.2) is 30.8 Å². The number of nitriles is 2. The van der Waals surface area contributed by atoms with Gasteiger partial charge in [0.1, 0.15) is 0 Å². The standard InChI is InChI=1S/C14H13ClN2O/c1-11(12-4-3-5-13(15)6-12)7-14(8-16,9-17)10-18-2/h3-6H,1,7,10H2,2H3. The Bertz CT molecular complexity index is 511. The number of rotatable bonds is 5. The first-order valence-electron chi connectivity index (χ1n) is 5.32. The van der Waals surface area contributed by atoms with E-state index in [2.05, 4.69) is 6.58 Å². The van der Waals surface area contributed by atoms with Crippen molar-refractivity contribution in [3.05, 3.63) is 41.4 Å². The number of hydrogen-bond acceptors (Lipinski definition) is 3. The van der Waals surface area contributed by atoms with Crippen LogP contribution in [0.4, 0.5) is 0 Å². The summed E-state index contributed by atoms with van der Waals surface area (Å²) in [5.74, 6) is 0. The average Bonchev–Trinajstić information content (AvgIpc) is 2.38. The topological polar surface area (TPSA) is 56.8 Å². The Morgan fingerprint density at radius 3 is 2.61 bits per heavy atom. The van der Waals surface area contributed by atoms with Gasteiger partial charge in [-0.25, -0.2) is 0 Å². The summed E-state index contributed by atoms with van der Waals surface area (Å²) in [6, 6.07) is 11.2. The van der Waals surface area contributed by atoms with Gasteiger partial charge in [0.25, 0.3) is 0 Å². The number of hydrogen-bond donors (Lipinski definition) is 0. The number of allylic oxidation sites excluding steroid dienone is 1. The van der Waals surface area contributed by atoms with Crippen molar-refractivity contribution in [3.8, 4) is 12.1 Å². The van der Waals surface area contributed by atoms with Crippen molar-refractivity contribution in [3.63, 3.8) is 0 Å². The molecule has 3 nitrogen and oxygen atoms in total. The first-order chi connectivity index (χ1) is 8.56. The van der Waals surface area contributed by atoms with Crippen LogP contribution in [-0.2, 0) is 4.74 Å². The fourth-order valence-corrected chi connectivity index (χ4v) is 1.83. The highest BCUT2D eigenvalue weighted by Gasteiger charge is 2.31. The smallest absolute Gasteiger partial charge is 0.170 e. The highest BCUT2D eigenvalue weighted by molar-refractivity contribution is 6.30. The minimum Gasteiger partial charge on any atom is -0.382 e. The summed E-state index contributed by atoms with van der Waals surface area (Å²) in [6.45, 7) is 3.97. The molecule has 18 heavy (non-hydrogen) atoms. The van der Waals surface area contributed by atoms with Crippen molar-refractivity contribution in [2.75, 3.05) is 13.7 Å². The zero-order valence-corrected chi connectivity index (χ0v) is 10.9. The second-order valence-electron chi connectivity index (χ2n) is 4.03. The van der Waals surface area contributed by atoms with Crippen molar-refractivity contribution >= 4 is 17.2 Å². The third-order valence-electron chi connectivity index (χ3n) is 2.57. The zero-order valence-electron chi connectivity index (χ0n) is 10.1. The summed E-state index contributed by atoms with van der Waals surface area (Å²) in [5.41, 5.74) is 0.319. The lowest BCUT2D eigenvalue weighted by atomic mass is 9.83. The Morgan fingerprint density at radius 1 is 1.44 bits per heavy atom. The van der Waals surface area contributed by atoms with Crippen LogP contribution in [0, 0.1) is 28.1 Å². The summed E-state index contributed by atoms with van der Waals surface area (Å²) in [5, 5.41) is 18.9. The number of nitrogens with zero attached hydrogens (tertiary/aromatic N) is 2. The van der Waals surface area contributed by atoms with E-state index in [1.54, 1.807) is 18.2 Å². The maximum Gasteiger partial charge on any atom is 0.170 e. The lowest BCUT2D eigenvalue weighted by Crippen LogP contribution is -2.23. The first-order valence-corrected chi connectivity index (χ1v) is 5.70. The van der Waals surface area contributed by atoms with E-state index in [4.69, 9.17) is 26.9 Å². The van der Waals surface area contributed by atoms with Gasteiger partial charge in [-0.1, -0.05) is 30.3 Å². The molecule has 92 valence electrons. The highest BCUT2D eigenvalue weighted by atomic mass is 35.5. The highest BCUT2D eigenvalue weighted by Crippen LogP contribution is 2.30. The normalized spacial score (nSPS) is 10.4. The number of methoxy groups -OCH3 is 1. The molecule has 4 heteroatoms. The maximum atomic E-state index is 9.14. The van der Waals surface area contributed by atoms with Crippen LogP contribution in [0.2, 0.25) is 5.02 Å². The largest absolute Gasteiger partial charge is 0.382 e. The fraction of sp³-hybridized carbons (Fsp3) is 0.286. The van der Waals surface area contributed by atoms with Crippen molar-refractivity contribution in [1.29, 1.82) is 10.5 Å². The summed E-state index contributed by atoms with van der Waals surface area (Å²) in [7, 11) is 1.46.